The van der Waals surface area contributed by atoms with Crippen molar-refractivity contribution in [2.75, 3.05) is 5.32 Å². The van der Waals surface area contributed by atoms with E-state index in [1.165, 1.54) is 12.1 Å². The molecule has 2 aliphatic rings. The van der Waals surface area contributed by atoms with Crippen LogP contribution in [0.3, 0.4) is 0 Å². The molecular weight excluding hydrogens is 345 g/mol. The fraction of sp³-hybridized carbons (Fsp3) is 0.429. The monoisotopic (exact) mass is 356 g/mol. The molecule has 5 nitrogen and oxygen atoms in total. The number of carbonyl (C=O) groups excluding carboxylic acids is 2. The van der Waals surface area contributed by atoms with Crippen LogP contribution < -0.4 is 10.4 Å². The number of hydrogen-bond acceptors (Lipinski definition) is 4. The first-order valence-corrected chi connectivity index (χ1v) is 7.39. The largest absolute Gasteiger partial charge is 0.550 e. The Morgan fingerprint density at radius 3 is 2.57 bits per heavy atom. The molecule has 7 heteroatoms. The van der Waals surface area contributed by atoms with E-state index in [1.54, 1.807) is 6.07 Å². The molecule has 2 aliphatic heterocycles. The molecule has 0 radical (unpaired) electrons. The van der Waals surface area contributed by atoms with Gasteiger partial charge in [0, 0.05) is 16.4 Å². The number of rotatable bonds is 3. The lowest BCUT2D eigenvalue weighted by Gasteiger charge is -2.27. The van der Waals surface area contributed by atoms with Crippen molar-refractivity contribution < 1.29 is 23.8 Å². The van der Waals surface area contributed by atoms with Crippen molar-refractivity contribution in [2.45, 2.75) is 25.0 Å². The van der Waals surface area contributed by atoms with Crippen molar-refractivity contribution in [1.29, 1.82) is 0 Å². The molecule has 0 spiro atoms. The highest BCUT2D eigenvalue weighted by atomic mass is 79.9. The molecule has 1 aromatic carbocycles. The lowest BCUT2D eigenvalue weighted by atomic mass is 9.78. The second-order valence-electron chi connectivity index (χ2n) is 5.27. The molecule has 2 bridgehead atoms. The molecule has 1 aromatic rings. The van der Waals surface area contributed by atoms with Crippen molar-refractivity contribution in [2.24, 2.45) is 11.8 Å². The fourth-order valence-corrected chi connectivity index (χ4v) is 3.45. The van der Waals surface area contributed by atoms with Gasteiger partial charge in [-0.1, -0.05) is 15.9 Å². The van der Waals surface area contributed by atoms with Crippen LogP contribution >= 0.6 is 15.9 Å². The van der Waals surface area contributed by atoms with Crippen LogP contribution in [0.4, 0.5) is 10.1 Å². The number of aliphatic carboxylic acids is 1. The average molecular weight is 357 g/mol. The lowest BCUT2D eigenvalue weighted by Crippen LogP contribution is -2.46. The van der Waals surface area contributed by atoms with E-state index in [9.17, 15) is 19.1 Å². The van der Waals surface area contributed by atoms with E-state index in [-0.39, 0.29) is 5.69 Å². The number of hydrogen-bond donors (Lipinski definition) is 1. The van der Waals surface area contributed by atoms with Crippen molar-refractivity contribution in [1.82, 2.24) is 0 Å². The quantitative estimate of drug-likeness (QED) is 0.878. The molecule has 1 N–H and O–H groups in total. The maximum atomic E-state index is 13.7. The maximum absolute atomic E-state index is 13.7. The predicted octanol–water partition coefficient (Wildman–Crippen LogP) is 1.07. The number of anilines is 1. The van der Waals surface area contributed by atoms with Gasteiger partial charge in [0.2, 0.25) is 5.91 Å². The molecule has 112 valence electrons. The molecule has 0 aliphatic carbocycles. The Morgan fingerprint density at radius 2 is 1.95 bits per heavy atom. The van der Waals surface area contributed by atoms with Crippen molar-refractivity contribution in [3.05, 3.63) is 28.5 Å². The number of halogens is 2. The Morgan fingerprint density at radius 1 is 1.29 bits per heavy atom. The van der Waals surface area contributed by atoms with Gasteiger partial charge in [-0.05, 0) is 31.0 Å². The van der Waals surface area contributed by atoms with Crippen molar-refractivity contribution in [3.8, 4) is 0 Å². The van der Waals surface area contributed by atoms with Gasteiger partial charge in [-0.25, -0.2) is 4.39 Å². The minimum absolute atomic E-state index is 0.0167. The van der Waals surface area contributed by atoms with E-state index in [4.69, 9.17) is 4.74 Å². The zero-order chi connectivity index (χ0) is 15.1. The topological polar surface area (TPSA) is 78.5 Å². The second kappa shape index (κ2) is 5.38. The van der Waals surface area contributed by atoms with Gasteiger partial charge >= 0.3 is 0 Å². The molecule has 2 heterocycles. The molecule has 2 fully saturated rings. The van der Waals surface area contributed by atoms with Crippen LogP contribution in [-0.4, -0.2) is 24.1 Å². The molecule has 0 aromatic heterocycles. The lowest BCUT2D eigenvalue weighted by molar-refractivity contribution is -0.313. The molecule has 0 unspecified atom stereocenters. The van der Waals surface area contributed by atoms with E-state index in [0.717, 1.165) is 0 Å². The summed E-state index contributed by atoms with van der Waals surface area (Å²) in [6, 6.07) is 4.23. The first kappa shape index (κ1) is 14.5. The summed E-state index contributed by atoms with van der Waals surface area (Å²) in [5, 5.41) is 13.7. The zero-order valence-corrected chi connectivity index (χ0v) is 12.4. The van der Waals surface area contributed by atoms with Gasteiger partial charge in [0.05, 0.1) is 23.8 Å². The maximum Gasteiger partial charge on any atom is 0.230 e. The standard InChI is InChI=1S/C14H13BrFNO4/c15-6-1-2-8(7(16)5-6)17-13(18)11-9-3-4-10(21-9)12(11)14(19)20/h1-2,5,9-12H,3-4H2,(H,17,18)(H,19,20)/p-1/t9-,10+,11+,12-/m0/s1. The number of carboxylic acid groups (broad SMARTS) is 1. The smallest absolute Gasteiger partial charge is 0.230 e. The summed E-state index contributed by atoms with van der Waals surface area (Å²) in [5.41, 5.74) is 0.0167. The molecule has 1 amide bonds. The minimum atomic E-state index is -1.29. The SMILES string of the molecule is O=C([O-])[C@@H]1[C@H](C(=O)Nc2ccc(Br)cc2F)[C@@H]2CC[C@H]1O2. The van der Waals surface area contributed by atoms with E-state index in [0.29, 0.717) is 17.3 Å². The van der Waals surface area contributed by atoms with Gasteiger partial charge < -0.3 is 20.0 Å². The van der Waals surface area contributed by atoms with Crippen LogP contribution in [0.1, 0.15) is 12.8 Å². The summed E-state index contributed by atoms with van der Waals surface area (Å²) < 4.78 is 19.8. The van der Waals surface area contributed by atoms with Gasteiger partial charge in [0.25, 0.3) is 0 Å². The molecule has 2 saturated heterocycles. The Labute approximate surface area is 128 Å². The first-order valence-electron chi connectivity index (χ1n) is 6.59. The van der Waals surface area contributed by atoms with E-state index in [2.05, 4.69) is 21.2 Å². The van der Waals surface area contributed by atoms with Crippen molar-refractivity contribution >= 4 is 33.5 Å². The fourth-order valence-electron chi connectivity index (χ4n) is 3.12. The van der Waals surface area contributed by atoms with Crippen LogP contribution in [0.2, 0.25) is 0 Å². The second-order valence-corrected chi connectivity index (χ2v) is 6.19. The number of benzene rings is 1. The molecular formula is C14H12BrFNO4-. The highest BCUT2D eigenvalue weighted by molar-refractivity contribution is 9.10. The van der Waals surface area contributed by atoms with E-state index >= 15 is 0 Å². The number of carbonyl (C=O) groups is 2. The number of fused-ring (bicyclic) bond motifs is 2. The predicted molar refractivity (Wildman–Crippen MR) is 72.6 cm³/mol. The number of amides is 1. The van der Waals surface area contributed by atoms with Gasteiger partial charge in [0.1, 0.15) is 5.82 Å². The summed E-state index contributed by atoms with van der Waals surface area (Å²) in [4.78, 5) is 23.5. The highest BCUT2D eigenvalue weighted by Gasteiger charge is 2.52. The highest BCUT2D eigenvalue weighted by Crippen LogP contribution is 2.43. The summed E-state index contributed by atoms with van der Waals surface area (Å²) in [6.45, 7) is 0. The third-order valence-corrected chi connectivity index (χ3v) is 4.53. The van der Waals surface area contributed by atoms with Gasteiger partial charge in [0.15, 0.2) is 0 Å². The number of nitrogens with one attached hydrogen (secondary N) is 1. The third-order valence-electron chi connectivity index (χ3n) is 4.04. The van der Waals surface area contributed by atoms with Crippen LogP contribution in [0.25, 0.3) is 0 Å². The van der Waals surface area contributed by atoms with Crippen LogP contribution in [-0.2, 0) is 14.3 Å². The third kappa shape index (κ3) is 2.55. The molecule has 3 rings (SSSR count). The Kier molecular flexibility index (Phi) is 3.71. The Bertz CT molecular complexity index is 609. The first-order chi connectivity index (χ1) is 9.97. The van der Waals surface area contributed by atoms with Crippen LogP contribution in [0.15, 0.2) is 22.7 Å². The van der Waals surface area contributed by atoms with E-state index in [1.807, 2.05) is 0 Å². The van der Waals surface area contributed by atoms with Gasteiger partial charge in [-0.2, -0.15) is 0 Å². The van der Waals surface area contributed by atoms with Gasteiger partial charge in [-0.3, -0.25) is 4.79 Å². The van der Waals surface area contributed by atoms with Gasteiger partial charge in [-0.15, -0.1) is 0 Å². The Hall–Kier alpha value is -1.47. The summed E-state index contributed by atoms with van der Waals surface area (Å²) in [5.74, 6) is -4.23. The minimum Gasteiger partial charge on any atom is -0.550 e. The van der Waals surface area contributed by atoms with Crippen LogP contribution in [0, 0.1) is 17.7 Å². The average Bonchev–Trinajstić information content (AvgIpc) is 3.02. The normalized spacial score (nSPS) is 30.4. The molecule has 0 saturated carbocycles. The van der Waals surface area contributed by atoms with Crippen molar-refractivity contribution in [3.63, 3.8) is 0 Å². The number of ether oxygens (including phenoxy) is 1. The zero-order valence-electron chi connectivity index (χ0n) is 10.8. The number of carboxylic acids is 1. The molecule has 21 heavy (non-hydrogen) atoms. The summed E-state index contributed by atoms with van der Waals surface area (Å²) >= 11 is 3.13. The summed E-state index contributed by atoms with van der Waals surface area (Å²) in [6.07, 6.45) is 0.330. The van der Waals surface area contributed by atoms with E-state index < -0.39 is 41.7 Å². The molecule has 4 atom stereocenters. The summed E-state index contributed by atoms with van der Waals surface area (Å²) in [7, 11) is 0. The Balaban J connectivity index is 1.80. The van der Waals surface area contributed by atoms with Crippen LogP contribution in [0.5, 0.6) is 0 Å².